The lowest BCUT2D eigenvalue weighted by Crippen LogP contribution is -2.31. The second kappa shape index (κ2) is 6.89. The second-order valence-electron chi connectivity index (χ2n) is 4.50. The van der Waals surface area contributed by atoms with E-state index in [1.165, 1.54) is 25.3 Å². The molecule has 0 aliphatic carbocycles. The molecule has 4 nitrogen and oxygen atoms in total. The summed E-state index contributed by atoms with van der Waals surface area (Å²) in [5.41, 5.74) is 2.03. The Kier molecular flexibility index (Phi) is 5.12. The molecule has 0 bridgehead atoms. The fraction of sp³-hybridized carbons (Fsp3) is 0.133. The van der Waals surface area contributed by atoms with Crippen LogP contribution in [-0.4, -0.2) is 12.9 Å². The van der Waals surface area contributed by atoms with Crippen molar-refractivity contribution in [3.8, 4) is 5.75 Å². The normalized spacial score (nSPS) is 12.2. The Bertz CT molecular complexity index is 732. The number of alkyl halides is 3. The zero-order valence-electron chi connectivity index (χ0n) is 12.0. The van der Waals surface area contributed by atoms with Gasteiger partial charge in [0.05, 0.1) is 12.7 Å². The number of nitrogens with zero attached hydrogens (tertiary/aromatic N) is 1. The van der Waals surface area contributed by atoms with Crippen molar-refractivity contribution in [3.05, 3.63) is 58.6 Å². The number of amidine groups is 1. The Hall–Kier alpha value is -2.25. The Morgan fingerprint density at radius 1 is 1.22 bits per heavy atom. The Balaban J connectivity index is 2.50. The number of rotatable bonds is 3. The summed E-state index contributed by atoms with van der Waals surface area (Å²) >= 11 is 5.91. The number of nitrogens with two attached hydrogens (primary N) is 1. The summed E-state index contributed by atoms with van der Waals surface area (Å²) in [5.74, 6) is 5.87. The molecular weight excluding hydrogens is 331 g/mol. The van der Waals surface area contributed by atoms with Crippen molar-refractivity contribution in [2.45, 2.75) is 6.18 Å². The highest BCUT2D eigenvalue weighted by Gasteiger charge is 2.30. The first-order valence-corrected chi connectivity index (χ1v) is 6.79. The molecule has 0 unspecified atom stereocenters. The van der Waals surface area contributed by atoms with Gasteiger partial charge in [-0.15, -0.1) is 0 Å². The fourth-order valence-electron chi connectivity index (χ4n) is 1.89. The van der Waals surface area contributed by atoms with Crippen molar-refractivity contribution in [1.29, 1.82) is 0 Å². The molecule has 0 heterocycles. The van der Waals surface area contributed by atoms with Gasteiger partial charge in [-0.05, 0) is 30.3 Å². The molecule has 2 rings (SSSR count). The van der Waals surface area contributed by atoms with Crippen LogP contribution in [0.15, 0.2) is 47.5 Å². The molecule has 0 atom stereocenters. The molecule has 2 aromatic carbocycles. The van der Waals surface area contributed by atoms with Gasteiger partial charge in [-0.3, -0.25) is 0 Å². The lowest BCUT2D eigenvalue weighted by molar-refractivity contribution is -0.137. The van der Waals surface area contributed by atoms with Crippen molar-refractivity contribution in [2.75, 3.05) is 7.11 Å². The second-order valence-corrected chi connectivity index (χ2v) is 4.94. The predicted molar refractivity (Wildman–Crippen MR) is 83.0 cm³/mol. The van der Waals surface area contributed by atoms with Gasteiger partial charge in [0, 0.05) is 10.6 Å². The molecule has 0 aliphatic rings. The first-order valence-electron chi connectivity index (χ1n) is 6.41. The molecule has 0 spiro atoms. The highest BCUT2D eigenvalue weighted by atomic mass is 35.5. The van der Waals surface area contributed by atoms with Crippen LogP contribution in [0.4, 0.5) is 18.9 Å². The Labute approximate surface area is 135 Å². The molecule has 0 fully saturated rings. The lowest BCUT2D eigenvalue weighted by atomic mass is 10.1. The predicted octanol–water partition coefficient (Wildman–Crippen LogP) is 3.91. The third-order valence-electron chi connectivity index (χ3n) is 2.97. The van der Waals surface area contributed by atoms with Crippen LogP contribution in [0.1, 0.15) is 11.1 Å². The van der Waals surface area contributed by atoms with E-state index in [2.05, 4.69) is 10.4 Å². The SMILES string of the molecule is COc1ccc(Cl)cc1N=C(NN)c1cccc(C(F)(F)F)c1. The monoisotopic (exact) mass is 343 g/mol. The van der Waals surface area contributed by atoms with Gasteiger partial charge in [-0.25, -0.2) is 10.8 Å². The fourth-order valence-corrected chi connectivity index (χ4v) is 2.06. The summed E-state index contributed by atoms with van der Waals surface area (Å²) in [6, 6.07) is 9.39. The van der Waals surface area contributed by atoms with Crippen molar-refractivity contribution in [1.82, 2.24) is 5.43 Å². The van der Waals surface area contributed by atoms with Crippen LogP contribution in [0.25, 0.3) is 0 Å². The topological polar surface area (TPSA) is 59.6 Å². The molecular formula is C15H13ClF3N3O. The molecule has 3 N–H and O–H groups in total. The van der Waals surface area contributed by atoms with E-state index in [-0.39, 0.29) is 11.4 Å². The third-order valence-corrected chi connectivity index (χ3v) is 3.21. The summed E-state index contributed by atoms with van der Waals surface area (Å²) in [5, 5.41) is 0.407. The average molecular weight is 344 g/mol. The Morgan fingerprint density at radius 3 is 2.57 bits per heavy atom. The minimum absolute atomic E-state index is 0.0525. The van der Waals surface area contributed by atoms with Gasteiger partial charge in [0.15, 0.2) is 0 Å². The minimum atomic E-state index is -4.45. The highest BCUT2D eigenvalue weighted by Crippen LogP contribution is 2.32. The smallest absolute Gasteiger partial charge is 0.416 e. The lowest BCUT2D eigenvalue weighted by Gasteiger charge is -2.11. The number of ether oxygens (including phenoxy) is 1. The van der Waals surface area contributed by atoms with E-state index in [1.54, 1.807) is 12.1 Å². The number of aliphatic imine (C=N–C) groups is 1. The number of hydrogen-bond acceptors (Lipinski definition) is 3. The van der Waals surface area contributed by atoms with Gasteiger partial charge >= 0.3 is 6.18 Å². The van der Waals surface area contributed by atoms with E-state index < -0.39 is 11.7 Å². The van der Waals surface area contributed by atoms with Crippen LogP contribution in [0.5, 0.6) is 5.75 Å². The first kappa shape index (κ1) is 17.1. The third kappa shape index (κ3) is 4.14. The number of methoxy groups -OCH3 is 1. The molecule has 0 aromatic heterocycles. The quantitative estimate of drug-likeness (QED) is 0.384. The van der Waals surface area contributed by atoms with Crippen molar-refractivity contribution < 1.29 is 17.9 Å². The van der Waals surface area contributed by atoms with E-state index >= 15 is 0 Å². The molecule has 0 saturated heterocycles. The number of hydrazine groups is 1. The zero-order chi connectivity index (χ0) is 17.0. The largest absolute Gasteiger partial charge is 0.494 e. The van der Waals surface area contributed by atoms with E-state index in [4.69, 9.17) is 22.2 Å². The van der Waals surface area contributed by atoms with Crippen LogP contribution in [0.3, 0.4) is 0 Å². The summed E-state index contributed by atoms with van der Waals surface area (Å²) in [6.07, 6.45) is -4.45. The van der Waals surface area contributed by atoms with Gasteiger partial charge in [-0.2, -0.15) is 13.2 Å². The van der Waals surface area contributed by atoms with Crippen LogP contribution in [0, 0.1) is 0 Å². The molecule has 0 radical (unpaired) electrons. The van der Waals surface area contributed by atoms with Crippen LogP contribution in [-0.2, 0) is 6.18 Å². The molecule has 0 saturated carbocycles. The summed E-state index contributed by atoms with van der Waals surface area (Å²) in [4.78, 5) is 4.21. The number of benzene rings is 2. The van der Waals surface area contributed by atoms with E-state index in [1.807, 2.05) is 0 Å². The Morgan fingerprint density at radius 2 is 1.96 bits per heavy atom. The van der Waals surface area contributed by atoms with Crippen molar-refractivity contribution in [2.24, 2.45) is 10.8 Å². The van der Waals surface area contributed by atoms with Gasteiger partial charge in [0.2, 0.25) is 0 Å². The van der Waals surface area contributed by atoms with Crippen molar-refractivity contribution >= 4 is 23.1 Å². The maximum Gasteiger partial charge on any atom is 0.416 e. The summed E-state index contributed by atoms with van der Waals surface area (Å²) in [7, 11) is 1.45. The molecule has 23 heavy (non-hydrogen) atoms. The number of nitrogens with one attached hydrogen (secondary N) is 1. The van der Waals surface area contributed by atoms with E-state index in [9.17, 15) is 13.2 Å². The summed E-state index contributed by atoms with van der Waals surface area (Å²) < 4.78 is 43.6. The van der Waals surface area contributed by atoms with Crippen molar-refractivity contribution in [3.63, 3.8) is 0 Å². The maximum absolute atomic E-state index is 12.8. The number of halogens is 4. The molecule has 8 heteroatoms. The molecule has 122 valence electrons. The first-order chi connectivity index (χ1) is 10.8. The average Bonchev–Trinajstić information content (AvgIpc) is 2.52. The standard InChI is InChI=1S/C15H13ClF3N3O/c1-23-13-6-5-11(16)8-12(13)21-14(22-20)9-3-2-4-10(7-9)15(17,18)19/h2-8H,20H2,1H3,(H,21,22). The maximum atomic E-state index is 12.8. The van der Waals surface area contributed by atoms with Gasteiger partial charge < -0.3 is 10.2 Å². The van der Waals surface area contributed by atoms with Crippen LogP contribution < -0.4 is 16.0 Å². The minimum Gasteiger partial charge on any atom is -0.494 e. The van der Waals surface area contributed by atoms with E-state index in [0.717, 1.165) is 12.1 Å². The zero-order valence-corrected chi connectivity index (χ0v) is 12.7. The number of hydrogen-bond donors (Lipinski definition) is 2. The molecule has 0 aliphatic heterocycles. The van der Waals surface area contributed by atoms with Gasteiger partial charge in [0.1, 0.15) is 17.3 Å². The van der Waals surface area contributed by atoms with Gasteiger partial charge in [-0.1, -0.05) is 23.7 Å². The van der Waals surface area contributed by atoms with Crippen LogP contribution in [0.2, 0.25) is 5.02 Å². The van der Waals surface area contributed by atoms with E-state index in [0.29, 0.717) is 16.5 Å². The summed E-state index contributed by atoms with van der Waals surface area (Å²) in [6.45, 7) is 0. The molecule has 0 amide bonds. The highest BCUT2D eigenvalue weighted by molar-refractivity contribution is 6.30. The van der Waals surface area contributed by atoms with Gasteiger partial charge in [0.25, 0.3) is 0 Å². The van der Waals surface area contributed by atoms with Crippen LogP contribution >= 0.6 is 11.6 Å². The molecule has 2 aromatic rings.